The Balaban J connectivity index is 2.92. The highest BCUT2D eigenvalue weighted by Gasteiger charge is 2.16. The minimum Gasteiger partial charge on any atom is -0.494 e. The van der Waals surface area contributed by atoms with E-state index in [1.54, 1.807) is 19.1 Å². The monoisotopic (exact) mass is 264 g/mol. The Kier molecular flexibility index (Phi) is 5.83. The number of aryl methyl sites for hydroxylation is 2. The SMILES string of the molecule is CNCCCC(=O)N(C)c1cc(C)cc(C)c1OC. The van der Waals surface area contributed by atoms with Crippen molar-refractivity contribution in [1.29, 1.82) is 0 Å². The van der Waals surface area contributed by atoms with Crippen molar-refractivity contribution >= 4 is 11.6 Å². The topological polar surface area (TPSA) is 41.6 Å². The molecular formula is C15H24N2O2. The molecule has 106 valence electrons. The van der Waals surface area contributed by atoms with Gasteiger partial charge in [-0.1, -0.05) is 6.07 Å². The summed E-state index contributed by atoms with van der Waals surface area (Å²) in [4.78, 5) is 13.8. The van der Waals surface area contributed by atoms with E-state index >= 15 is 0 Å². The number of hydrogen-bond acceptors (Lipinski definition) is 3. The number of benzene rings is 1. The Labute approximate surface area is 115 Å². The summed E-state index contributed by atoms with van der Waals surface area (Å²) < 4.78 is 5.42. The van der Waals surface area contributed by atoms with Gasteiger partial charge in [0.15, 0.2) is 0 Å². The Bertz CT molecular complexity index is 444. The molecule has 0 bridgehead atoms. The van der Waals surface area contributed by atoms with Crippen LogP contribution in [-0.4, -0.2) is 33.7 Å². The zero-order chi connectivity index (χ0) is 14.4. The van der Waals surface area contributed by atoms with Gasteiger partial charge in [-0.05, 0) is 51.1 Å². The van der Waals surface area contributed by atoms with Gasteiger partial charge in [0, 0.05) is 13.5 Å². The van der Waals surface area contributed by atoms with Crippen LogP contribution in [0.3, 0.4) is 0 Å². The van der Waals surface area contributed by atoms with Crippen LogP contribution in [0.25, 0.3) is 0 Å². The number of methoxy groups -OCH3 is 1. The molecule has 0 saturated heterocycles. The number of hydrogen-bond donors (Lipinski definition) is 1. The van der Waals surface area contributed by atoms with E-state index in [4.69, 9.17) is 4.74 Å². The Hall–Kier alpha value is -1.55. The summed E-state index contributed by atoms with van der Waals surface area (Å²) in [5, 5.41) is 3.05. The predicted molar refractivity (Wildman–Crippen MR) is 79.0 cm³/mol. The molecule has 0 spiro atoms. The van der Waals surface area contributed by atoms with E-state index in [1.807, 2.05) is 27.0 Å². The fourth-order valence-electron chi connectivity index (χ4n) is 2.17. The lowest BCUT2D eigenvalue weighted by Crippen LogP contribution is -2.27. The quantitative estimate of drug-likeness (QED) is 0.801. The molecule has 4 heteroatoms. The summed E-state index contributed by atoms with van der Waals surface area (Å²) in [6.45, 7) is 4.87. The zero-order valence-corrected chi connectivity index (χ0v) is 12.5. The first-order valence-corrected chi connectivity index (χ1v) is 6.57. The van der Waals surface area contributed by atoms with E-state index in [0.29, 0.717) is 6.42 Å². The number of ether oxygens (including phenoxy) is 1. The summed E-state index contributed by atoms with van der Waals surface area (Å²) in [5.41, 5.74) is 3.02. The average Bonchev–Trinajstić information content (AvgIpc) is 2.37. The van der Waals surface area contributed by atoms with Gasteiger partial charge in [0.2, 0.25) is 5.91 Å². The van der Waals surface area contributed by atoms with Crippen molar-refractivity contribution in [2.24, 2.45) is 0 Å². The maximum atomic E-state index is 12.2. The van der Waals surface area contributed by atoms with Crippen molar-refractivity contribution in [3.05, 3.63) is 23.3 Å². The van der Waals surface area contributed by atoms with Crippen molar-refractivity contribution in [3.8, 4) is 5.75 Å². The van der Waals surface area contributed by atoms with E-state index in [1.165, 1.54) is 0 Å². The lowest BCUT2D eigenvalue weighted by atomic mass is 10.1. The van der Waals surface area contributed by atoms with Gasteiger partial charge in [0.25, 0.3) is 0 Å². The fourth-order valence-corrected chi connectivity index (χ4v) is 2.17. The third kappa shape index (κ3) is 3.96. The highest BCUT2D eigenvalue weighted by Crippen LogP contribution is 2.32. The lowest BCUT2D eigenvalue weighted by molar-refractivity contribution is -0.118. The predicted octanol–water partition coefficient (Wildman–Crippen LogP) is 2.27. The van der Waals surface area contributed by atoms with Gasteiger partial charge < -0.3 is 15.0 Å². The molecule has 0 aliphatic heterocycles. The van der Waals surface area contributed by atoms with E-state index in [0.717, 1.165) is 35.5 Å². The van der Waals surface area contributed by atoms with Gasteiger partial charge in [0.05, 0.1) is 12.8 Å². The van der Waals surface area contributed by atoms with Gasteiger partial charge in [-0.3, -0.25) is 4.79 Å². The second-order valence-electron chi connectivity index (χ2n) is 4.79. The van der Waals surface area contributed by atoms with E-state index in [-0.39, 0.29) is 5.91 Å². The van der Waals surface area contributed by atoms with Crippen molar-refractivity contribution in [3.63, 3.8) is 0 Å². The molecule has 0 atom stereocenters. The van der Waals surface area contributed by atoms with E-state index < -0.39 is 0 Å². The van der Waals surface area contributed by atoms with Crippen LogP contribution in [0.5, 0.6) is 5.75 Å². The first-order valence-electron chi connectivity index (χ1n) is 6.57. The molecule has 1 aromatic carbocycles. The lowest BCUT2D eigenvalue weighted by Gasteiger charge is -2.22. The number of nitrogens with zero attached hydrogens (tertiary/aromatic N) is 1. The Morgan fingerprint density at radius 2 is 2.05 bits per heavy atom. The van der Waals surface area contributed by atoms with Crippen molar-refractivity contribution in [2.45, 2.75) is 26.7 Å². The molecule has 0 aliphatic carbocycles. The number of rotatable bonds is 6. The third-order valence-corrected chi connectivity index (χ3v) is 3.16. The van der Waals surface area contributed by atoms with Gasteiger partial charge in [-0.25, -0.2) is 0 Å². The van der Waals surface area contributed by atoms with Crippen molar-refractivity contribution in [1.82, 2.24) is 5.32 Å². The number of carbonyl (C=O) groups excluding carboxylic acids is 1. The van der Waals surface area contributed by atoms with Crippen LogP contribution < -0.4 is 15.0 Å². The molecule has 4 nitrogen and oxygen atoms in total. The molecule has 0 aromatic heterocycles. The van der Waals surface area contributed by atoms with E-state index in [2.05, 4.69) is 11.4 Å². The molecule has 19 heavy (non-hydrogen) atoms. The number of amides is 1. The van der Waals surface area contributed by atoms with Crippen LogP contribution in [-0.2, 0) is 4.79 Å². The maximum Gasteiger partial charge on any atom is 0.226 e. The molecule has 0 saturated carbocycles. The summed E-state index contributed by atoms with van der Waals surface area (Å²) in [7, 11) is 5.33. The van der Waals surface area contributed by atoms with Gasteiger partial charge in [-0.15, -0.1) is 0 Å². The Morgan fingerprint density at radius 1 is 1.37 bits per heavy atom. The molecule has 1 amide bonds. The van der Waals surface area contributed by atoms with E-state index in [9.17, 15) is 4.79 Å². The molecule has 0 radical (unpaired) electrons. The normalized spacial score (nSPS) is 10.4. The van der Waals surface area contributed by atoms with Gasteiger partial charge in [-0.2, -0.15) is 0 Å². The van der Waals surface area contributed by atoms with Crippen LogP contribution >= 0.6 is 0 Å². The first kappa shape index (κ1) is 15.5. The van der Waals surface area contributed by atoms with Crippen LogP contribution in [0.4, 0.5) is 5.69 Å². The largest absolute Gasteiger partial charge is 0.494 e. The molecule has 1 rings (SSSR count). The van der Waals surface area contributed by atoms with Crippen molar-refractivity contribution in [2.75, 3.05) is 32.6 Å². The first-order chi connectivity index (χ1) is 9.01. The molecule has 0 unspecified atom stereocenters. The number of nitrogens with one attached hydrogen (secondary N) is 1. The number of carbonyl (C=O) groups is 1. The van der Waals surface area contributed by atoms with Crippen LogP contribution in [0.15, 0.2) is 12.1 Å². The smallest absolute Gasteiger partial charge is 0.226 e. The summed E-state index contributed by atoms with van der Waals surface area (Å²) in [6.07, 6.45) is 1.38. The molecule has 0 heterocycles. The van der Waals surface area contributed by atoms with Gasteiger partial charge >= 0.3 is 0 Å². The number of anilines is 1. The highest BCUT2D eigenvalue weighted by molar-refractivity contribution is 5.94. The van der Waals surface area contributed by atoms with Crippen LogP contribution in [0.1, 0.15) is 24.0 Å². The minimum absolute atomic E-state index is 0.110. The van der Waals surface area contributed by atoms with Crippen molar-refractivity contribution < 1.29 is 9.53 Å². The standard InChI is InChI=1S/C15H24N2O2/c1-11-9-12(2)15(19-5)13(10-11)17(4)14(18)7-6-8-16-3/h9-10,16H,6-8H2,1-5H3. The second kappa shape index (κ2) is 7.14. The highest BCUT2D eigenvalue weighted by atomic mass is 16.5. The van der Waals surface area contributed by atoms with Crippen LogP contribution in [0, 0.1) is 13.8 Å². The Morgan fingerprint density at radius 3 is 2.63 bits per heavy atom. The summed E-state index contributed by atoms with van der Waals surface area (Å²) in [6, 6.07) is 4.05. The molecule has 0 fully saturated rings. The molecule has 0 aliphatic rings. The maximum absolute atomic E-state index is 12.2. The molecular weight excluding hydrogens is 240 g/mol. The second-order valence-corrected chi connectivity index (χ2v) is 4.79. The fraction of sp³-hybridized carbons (Fsp3) is 0.533. The average molecular weight is 264 g/mol. The molecule has 1 N–H and O–H groups in total. The minimum atomic E-state index is 0.110. The summed E-state index contributed by atoms with van der Waals surface area (Å²) >= 11 is 0. The van der Waals surface area contributed by atoms with Crippen LogP contribution in [0.2, 0.25) is 0 Å². The molecule has 1 aromatic rings. The summed E-state index contributed by atoms with van der Waals surface area (Å²) in [5.74, 6) is 0.883. The van der Waals surface area contributed by atoms with Gasteiger partial charge in [0.1, 0.15) is 5.75 Å². The third-order valence-electron chi connectivity index (χ3n) is 3.16. The zero-order valence-electron chi connectivity index (χ0n) is 12.5.